The second-order valence-corrected chi connectivity index (χ2v) is 7.56. The Balaban J connectivity index is 1.75. The van der Waals surface area contributed by atoms with E-state index in [1.54, 1.807) is 0 Å². The van der Waals surface area contributed by atoms with E-state index in [0.717, 1.165) is 29.2 Å². The van der Waals surface area contributed by atoms with Crippen molar-refractivity contribution in [3.05, 3.63) is 46.9 Å². The van der Waals surface area contributed by atoms with Crippen LogP contribution in [0.25, 0.3) is 10.2 Å². The fraction of sp³-hybridized carbons (Fsp3) is 0.176. The van der Waals surface area contributed by atoms with Crippen LogP contribution in [0.2, 0.25) is 0 Å². The first-order valence-electron chi connectivity index (χ1n) is 7.65. The van der Waals surface area contributed by atoms with Gasteiger partial charge in [0.15, 0.2) is 5.13 Å². The van der Waals surface area contributed by atoms with Gasteiger partial charge in [0.05, 0.1) is 27.1 Å². The Hall–Kier alpha value is -2.71. The first kappa shape index (κ1) is 20.0. The summed E-state index contributed by atoms with van der Waals surface area (Å²) in [5.41, 5.74) is -1.11. The summed E-state index contributed by atoms with van der Waals surface area (Å²) in [6, 6.07) is 6.31. The fourth-order valence-electron chi connectivity index (χ4n) is 2.32. The first-order chi connectivity index (χ1) is 13.2. The SMILES string of the molecule is Cc1cc(C(F)(F)F)c(C#N)c(SCC(=O)Nc2nc3ccc(F)cc3s2)n1. The number of nitrogens with one attached hydrogen (secondary N) is 1. The van der Waals surface area contributed by atoms with Crippen LogP contribution in [0.3, 0.4) is 0 Å². The number of anilines is 1. The molecule has 0 bridgehead atoms. The number of alkyl halides is 3. The average molecular weight is 426 g/mol. The van der Waals surface area contributed by atoms with Crippen LogP contribution in [0.5, 0.6) is 0 Å². The minimum atomic E-state index is -4.70. The van der Waals surface area contributed by atoms with E-state index in [0.29, 0.717) is 10.2 Å². The largest absolute Gasteiger partial charge is 0.417 e. The molecule has 0 unspecified atom stereocenters. The van der Waals surface area contributed by atoms with Crippen molar-refractivity contribution < 1.29 is 22.4 Å². The topological polar surface area (TPSA) is 78.7 Å². The molecule has 3 rings (SSSR count). The van der Waals surface area contributed by atoms with E-state index in [1.165, 1.54) is 31.2 Å². The van der Waals surface area contributed by atoms with E-state index in [1.807, 2.05) is 0 Å². The lowest BCUT2D eigenvalue weighted by molar-refractivity contribution is -0.138. The number of thiazole rings is 1. The number of aromatic nitrogens is 2. The molecule has 2 aromatic heterocycles. The predicted molar refractivity (Wildman–Crippen MR) is 97.6 cm³/mol. The number of fused-ring (bicyclic) bond motifs is 1. The molecule has 1 N–H and O–H groups in total. The lowest BCUT2D eigenvalue weighted by atomic mass is 10.1. The zero-order valence-corrected chi connectivity index (χ0v) is 15.7. The van der Waals surface area contributed by atoms with Gasteiger partial charge in [-0.15, -0.1) is 0 Å². The lowest BCUT2D eigenvalue weighted by Gasteiger charge is -2.12. The zero-order valence-electron chi connectivity index (χ0n) is 14.1. The van der Waals surface area contributed by atoms with Gasteiger partial charge in [0.2, 0.25) is 5.91 Å². The third kappa shape index (κ3) is 4.40. The van der Waals surface area contributed by atoms with Gasteiger partial charge in [0.25, 0.3) is 0 Å². The van der Waals surface area contributed by atoms with Crippen molar-refractivity contribution in [1.82, 2.24) is 9.97 Å². The highest BCUT2D eigenvalue weighted by Crippen LogP contribution is 2.36. The maximum absolute atomic E-state index is 13.2. The number of thioether (sulfide) groups is 1. The maximum Gasteiger partial charge on any atom is 0.417 e. The summed E-state index contributed by atoms with van der Waals surface area (Å²) in [5, 5.41) is 11.7. The molecule has 0 spiro atoms. The van der Waals surface area contributed by atoms with Crippen LogP contribution in [-0.4, -0.2) is 21.6 Å². The van der Waals surface area contributed by atoms with Crippen LogP contribution in [0.1, 0.15) is 16.8 Å². The van der Waals surface area contributed by atoms with Crippen LogP contribution >= 0.6 is 23.1 Å². The molecule has 0 saturated carbocycles. The van der Waals surface area contributed by atoms with Gasteiger partial charge < -0.3 is 5.32 Å². The third-order valence-electron chi connectivity index (χ3n) is 3.47. The Labute approximate surface area is 164 Å². The molecule has 1 amide bonds. The summed E-state index contributed by atoms with van der Waals surface area (Å²) >= 11 is 1.79. The van der Waals surface area contributed by atoms with Gasteiger partial charge in [-0.05, 0) is 31.2 Å². The molecule has 1 aromatic carbocycles. The van der Waals surface area contributed by atoms with Gasteiger partial charge in [0, 0.05) is 5.69 Å². The van der Waals surface area contributed by atoms with Crippen molar-refractivity contribution >= 4 is 44.4 Å². The Morgan fingerprint density at radius 3 is 2.75 bits per heavy atom. The Morgan fingerprint density at radius 2 is 2.07 bits per heavy atom. The van der Waals surface area contributed by atoms with Gasteiger partial charge in [-0.3, -0.25) is 4.79 Å². The second kappa shape index (κ2) is 7.73. The Kier molecular flexibility index (Phi) is 5.53. The molecule has 0 atom stereocenters. The molecule has 0 fully saturated rings. The molecule has 0 saturated heterocycles. The van der Waals surface area contributed by atoms with Crippen molar-refractivity contribution in [1.29, 1.82) is 5.26 Å². The molecule has 5 nitrogen and oxygen atoms in total. The van der Waals surface area contributed by atoms with E-state index in [9.17, 15) is 22.4 Å². The molecule has 0 aliphatic heterocycles. The molecular formula is C17H10F4N4OS2. The summed E-state index contributed by atoms with van der Waals surface area (Å²) < 4.78 is 53.1. The number of pyridine rings is 1. The van der Waals surface area contributed by atoms with Crippen LogP contribution in [0.4, 0.5) is 22.7 Å². The molecule has 0 aliphatic carbocycles. The number of nitriles is 1. The van der Waals surface area contributed by atoms with Crippen molar-refractivity contribution in [2.45, 2.75) is 18.1 Å². The molecule has 144 valence electrons. The number of rotatable bonds is 4. The van der Waals surface area contributed by atoms with Gasteiger partial charge in [0.1, 0.15) is 16.9 Å². The number of carbonyl (C=O) groups is 1. The molecule has 11 heteroatoms. The van der Waals surface area contributed by atoms with E-state index >= 15 is 0 Å². The van der Waals surface area contributed by atoms with Gasteiger partial charge in [-0.1, -0.05) is 23.1 Å². The highest BCUT2D eigenvalue weighted by atomic mass is 32.2. The maximum atomic E-state index is 13.2. The fourth-order valence-corrected chi connectivity index (χ4v) is 4.08. The standard InChI is InChI=1S/C17H10F4N4OS2/c1-8-4-11(17(19,20)21)10(6-22)15(23-8)27-7-14(26)25-16-24-12-3-2-9(18)5-13(12)28-16/h2-5H,7H2,1H3,(H,24,25,26). The third-order valence-corrected chi connectivity index (χ3v) is 5.38. The number of hydrogen-bond acceptors (Lipinski definition) is 6. The minimum absolute atomic E-state index is 0.0856. The molecular weight excluding hydrogens is 416 g/mol. The quantitative estimate of drug-likeness (QED) is 0.481. The van der Waals surface area contributed by atoms with E-state index in [4.69, 9.17) is 5.26 Å². The lowest BCUT2D eigenvalue weighted by Crippen LogP contribution is -2.15. The number of benzene rings is 1. The van der Waals surface area contributed by atoms with Crippen molar-refractivity contribution in [2.24, 2.45) is 0 Å². The van der Waals surface area contributed by atoms with Crippen LogP contribution in [0, 0.1) is 24.1 Å². The summed E-state index contributed by atoms with van der Waals surface area (Å²) in [5.74, 6) is -1.24. The monoisotopic (exact) mass is 426 g/mol. The van der Waals surface area contributed by atoms with Crippen molar-refractivity contribution in [3.63, 3.8) is 0 Å². The highest BCUT2D eigenvalue weighted by Gasteiger charge is 2.35. The smallest absolute Gasteiger partial charge is 0.301 e. The average Bonchev–Trinajstić information content (AvgIpc) is 2.99. The number of amides is 1. The van der Waals surface area contributed by atoms with Crippen LogP contribution in [0.15, 0.2) is 29.3 Å². The van der Waals surface area contributed by atoms with Crippen LogP contribution in [-0.2, 0) is 11.0 Å². The predicted octanol–water partition coefficient (Wildman–Crippen LogP) is 4.76. The van der Waals surface area contributed by atoms with Crippen LogP contribution < -0.4 is 5.32 Å². The van der Waals surface area contributed by atoms with Gasteiger partial charge >= 0.3 is 6.18 Å². The van der Waals surface area contributed by atoms with E-state index in [2.05, 4.69) is 15.3 Å². The van der Waals surface area contributed by atoms with Gasteiger partial charge in [-0.2, -0.15) is 18.4 Å². The Morgan fingerprint density at radius 1 is 1.32 bits per heavy atom. The molecule has 3 aromatic rings. The number of aryl methyl sites for hydroxylation is 1. The highest BCUT2D eigenvalue weighted by molar-refractivity contribution is 8.00. The number of nitrogens with zero attached hydrogens (tertiary/aromatic N) is 3. The van der Waals surface area contributed by atoms with E-state index in [-0.39, 0.29) is 21.6 Å². The summed E-state index contributed by atoms with van der Waals surface area (Å²) in [6.45, 7) is 1.38. The first-order valence-corrected chi connectivity index (χ1v) is 9.45. The summed E-state index contributed by atoms with van der Waals surface area (Å²) in [6.07, 6.45) is -4.70. The Bertz CT molecular complexity index is 1100. The summed E-state index contributed by atoms with van der Waals surface area (Å²) in [4.78, 5) is 20.2. The van der Waals surface area contributed by atoms with E-state index < -0.39 is 29.0 Å². The minimum Gasteiger partial charge on any atom is -0.301 e. The number of hydrogen-bond donors (Lipinski definition) is 1. The zero-order chi connectivity index (χ0) is 20.5. The molecule has 0 aliphatic rings. The second-order valence-electron chi connectivity index (χ2n) is 5.57. The molecule has 28 heavy (non-hydrogen) atoms. The van der Waals surface area contributed by atoms with Crippen molar-refractivity contribution in [3.8, 4) is 6.07 Å². The van der Waals surface area contributed by atoms with Crippen molar-refractivity contribution in [2.75, 3.05) is 11.1 Å². The molecule has 2 heterocycles. The summed E-state index contributed by atoms with van der Waals surface area (Å²) in [7, 11) is 0. The normalized spacial score (nSPS) is 11.4. The number of carbonyl (C=O) groups excluding carboxylic acids is 1. The van der Waals surface area contributed by atoms with Gasteiger partial charge in [-0.25, -0.2) is 14.4 Å². The molecule has 0 radical (unpaired) electrons. The number of halogens is 4.